The van der Waals surface area contributed by atoms with Crippen molar-refractivity contribution in [1.29, 1.82) is 0 Å². The van der Waals surface area contributed by atoms with E-state index < -0.39 is 18.6 Å². The molecule has 1 fully saturated rings. The van der Waals surface area contributed by atoms with Crippen LogP contribution in [0.25, 0.3) is 0 Å². The van der Waals surface area contributed by atoms with Gasteiger partial charge in [0.15, 0.2) is 11.5 Å². The Balaban J connectivity index is 0.00000132. The number of piperazine rings is 1. The molecule has 1 N–H and O–H groups in total. The standard InChI is InChI=1S/C14H17F3N2O2.2ClH/c15-14(16,17)8-11(19-5-3-18-4-6-19)10-1-2-12-13(7-10)21-9-20-12;;/h1-2,7,11,18H,3-6,8-9H2;2*1H/t11-;;/m0../s1. The maximum absolute atomic E-state index is 12.9. The van der Waals surface area contributed by atoms with Crippen LogP contribution in [0.5, 0.6) is 11.5 Å². The quantitative estimate of drug-likeness (QED) is 0.880. The third-order valence-corrected chi connectivity index (χ3v) is 3.80. The number of nitrogens with zero attached hydrogens (tertiary/aromatic N) is 1. The number of hydrogen-bond acceptors (Lipinski definition) is 4. The predicted octanol–water partition coefficient (Wildman–Crippen LogP) is 3.16. The first kappa shape index (κ1) is 20.2. The van der Waals surface area contributed by atoms with Crippen molar-refractivity contribution in [2.75, 3.05) is 33.0 Å². The fourth-order valence-electron chi connectivity index (χ4n) is 2.79. The smallest absolute Gasteiger partial charge is 0.390 e. The van der Waals surface area contributed by atoms with E-state index in [0.717, 1.165) is 0 Å². The van der Waals surface area contributed by atoms with E-state index in [1.54, 1.807) is 18.2 Å². The van der Waals surface area contributed by atoms with Gasteiger partial charge in [-0.15, -0.1) is 24.8 Å². The zero-order valence-corrected chi connectivity index (χ0v) is 13.9. The van der Waals surface area contributed by atoms with Crippen LogP contribution >= 0.6 is 24.8 Å². The number of ether oxygens (including phenoxy) is 2. The van der Waals surface area contributed by atoms with Crippen LogP contribution in [0.15, 0.2) is 18.2 Å². The summed E-state index contributed by atoms with van der Waals surface area (Å²) >= 11 is 0. The molecule has 2 aliphatic rings. The van der Waals surface area contributed by atoms with Gasteiger partial charge in [-0.05, 0) is 17.7 Å². The van der Waals surface area contributed by atoms with Crippen molar-refractivity contribution in [3.63, 3.8) is 0 Å². The Bertz CT molecular complexity index is 511. The lowest BCUT2D eigenvalue weighted by Crippen LogP contribution is -2.46. The molecule has 2 heterocycles. The van der Waals surface area contributed by atoms with E-state index >= 15 is 0 Å². The van der Waals surface area contributed by atoms with Crippen molar-refractivity contribution < 1.29 is 22.6 Å². The summed E-state index contributed by atoms with van der Waals surface area (Å²) in [6.07, 6.45) is -5.06. The van der Waals surface area contributed by atoms with Crippen molar-refractivity contribution in [2.45, 2.75) is 18.6 Å². The first-order chi connectivity index (χ1) is 10.0. The Hall–Kier alpha value is -0.890. The summed E-state index contributed by atoms with van der Waals surface area (Å²) in [5, 5.41) is 3.16. The maximum atomic E-state index is 12.9. The monoisotopic (exact) mass is 374 g/mol. The second-order valence-electron chi connectivity index (χ2n) is 5.23. The van der Waals surface area contributed by atoms with Crippen LogP contribution in [0.3, 0.4) is 0 Å². The van der Waals surface area contributed by atoms with Crippen molar-refractivity contribution in [1.82, 2.24) is 10.2 Å². The molecule has 132 valence electrons. The second-order valence-corrected chi connectivity index (χ2v) is 5.23. The Morgan fingerprint density at radius 3 is 2.39 bits per heavy atom. The molecular weight excluding hydrogens is 356 g/mol. The second kappa shape index (κ2) is 8.28. The van der Waals surface area contributed by atoms with Gasteiger partial charge in [0, 0.05) is 32.2 Å². The number of nitrogens with one attached hydrogen (secondary N) is 1. The highest BCUT2D eigenvalue weighted by Crippen LogP contribution is 2.39. The van der Waals surface area contributed by atoms with Crippen LogP contribution in [0, 0.1) is 0 Å². The van der Waals surface area contributed by atoms with Gasteiger partial charge in [0.05, 0.1) is 6.42 Å². The summed E-state index contributed by atoms with van der Waals surface area (Å²) in [6, 6.07) is 4.37. The van der Waals surface area contributed by atoms with Crippen molar-refractivity contribution in [3.05, 3.63) is 23.8 Å². The van der Waals surface area contributed by atoms with E-state index in [2.05, 4.69) is 5.32 Å². The van der Waals surface area contributed by atoms with Crippen LogP contribution in [-0.4, -0.2) is 44.0 Å². The third-order valence-electron chi connectivity index (χ3n) is 3.80. The number of rotatable bonds is 3. The van der Waals surface area contributed by atoms with Gasteiger partial charge in [-0.2, -0.15) is 13.2 Å². The minimum atomic E-state index is -4.20. The Morgan fingerprint density at radius 1 is 1.09 bits per heavy atom. The molecule has 0 bridgehead atoms. The number of halogens is 5. The first-order valence-electron chi connectivity index (χ1n) is 6.94. The van der Waals surface area contributed by atoms with E-state index in [1.807, 2.05) is 4.90 Å². The number of benzene rings is 1. The average molecular weight is 375 g/mol. The largest absolute Gasteiger partial charge is 0.454 e. The Labute approximate surface area is 145 Å². The molecule has 0 saturated carbocycles. The van der Waals surface area contributed by atoms with E-state index in [-0.39, 0.29) is 31.6 Å². The lowest BCUT2D eigenvalue weighted by molar-refractivity contribution is -0.148. The summed E-state index contributed by atoms with van der Waals surface area (Å²) in [7, 11) is 0. The molecule has 1 saturated heterocycles. The molecule has 0 aliphatic carbocycles. The van der Waals surface area contributed by atoms with Crippen LogP contribution in [0.1, 0.15) is 18.0 Å². The topological polar surface area (TPSA) is 33.7 Å². The zero-order chi connectivity index (χ0) is 14.9. The van der Waals surface area contributed by atoms with Gasteiger partial charge in [-0.3, -0.25) is 4.90 Å². The van der Waals surface area contributed by atoms with E-state index in [1.165, 1.54) is 0 Å². The molecule has 4 nitrogen and oxygen atoms in total. The summed E-state index contributed by atoms with van der Waals surface area (Å²) in [6.45, 7) is 2.75. The van der Waals surface area contributed by atoms with Crippen molar-refractivity contribution in [2.24, 2.45) is 0 Å². The molecule has 0 aromatic heterocycles. The average Bonchev–Trinajstić information content (AvgIpc) is 2.92. The van der Waals surface area contributed by atoms with Gasteiger partial charge >= 0.3 is 6.18 Å². The molecule has 0 radical (unpaired) electrons. The van der Waals surface area contributed by atoms with Gasteiger partial charge in [0.1, 0.15) is 0 Å². The molecule has 1 atom stereocenters. The fraction of sp³-hybridized carbons (Fsp3) is 0.571. The van der Waals surface area contributed by atoms with Crippen molar-refractivity contribution >= 4 is 24.8 Å². The van der Waals surface area contributed by atoms with Gasteiger partial charge in [0.25, 0.3) is 0 Å². The van der Waals surface area contributed by atoms with Crippen LogP contribution in [-0.2, 0) is 0 Å². The Morgan fingerprint density at radius 2 is 1.74 bits per heavy atom. The SMILES string of the molecule is Cl.Cl.FC(F)(F)C[C@@H](c1ccc2c(c1)OCO2)N1CCNCC1. The molecule has 0 spiro atoms. The van der Waals surface area contributed by atoms with Gasteiger partial charge in [-0.1, -0.05) is 6.07 Å². The maximum Gasteiger partial charge on any atom is 0.390 e. The number of hydrogen-bond donors (Lipinski definition) is 1. The lowest BCUT2D eigenvalue weighted by atomic mass is 10.00. The highest BCUT2D eigenvalue weighted by atomic mass is 35.5. The predicted molar refractivity (Wildman–Crippen MR) is 84.9 cm³/mol. The fourth-order valence-corrected chi connectivity index (χ4v) is 2.79. The molecule has 1 aromatic rings. The van der Waals surface area contributed by atoms with Crippen LogP contribution < -0.4 is 14.8 Å². The Kier molecular flexibility index (Phi) is 7.26. The van der Waals surface area contributed by atoms with Crippen LogP contribution in [0.4, 0.5) is 13.2 Å². The molecule has 0 amide bonds. The summed E-state index contributed by atoms with van der Waals surface area (Å²) in [4.78, 5) is 1.88. The molecule has 1 aromatic carbocycles. The molecule has 23 heavy (non-hydrogen) atoms. The molecule has 2 aliphatic heterocycles. The van der Waals surface area contributed by atoms with Crippen LogP contribution in [0.2, 0.25) is 0 Å². The van der Waals surface area contributed by atoms with Crippen molar-refractivity contribution in [3.8, 4) is 11.5 Å². The van der Waals surface area contributed by atoms with Gasteiger partial charge in [0.2, 0.25) is 6.79 Å². The summed E-state index contributed by atoms with van der Waals surface area (Å²) in [5.41, 5.74) is 0.624. The van der Waals surface area contributed by atoms with Gasteiger partial charge in [-0.25, -0.2) is 0 Å². The molecule has 0 unspecified atom stereocenters. The summed E-state index contributed by atoms with van der Waals surface area (Å²) in [5.74, 6) is 1.11. The lowest BCUT2D eigenvalue weighted by Gasteiger charge is -2.35. The van der Waals surface area contributed by atoms with Gasteiger partial charge < -0.3 is 14.8 Å². The number of alkyl halides is 3. The minimum absolute atomic E-state index is 0. The van der Waals surface area contributed by atoms with E-state index in [9.17, 15) is 13.2 Å². The number of fused-ring (bicyclic) bond motifs is 1. The van der Waals surface area contributed by atoms with E-state index in [0.29, 0.717) is 43.2 Å². The molecule has 3 rings (SSSR count). The normalized spacial score (nSPS) is 18.7. The minimum Gasteiger partial charge on any atom is -0.454 e. The third kappa shape index (κ3) is 5.04. The molecular formula is C14H19Cl2F3N2O2. The highest BCUT2D eigenvalue weighted by Gasteiger charge is 2.36. The molecule has 9 heteroatoms. The summed E-state index contributed by atoms with van der Waals surface area (Å²) < 4.78 is 49.3. The van der Waals surface area contributed by atoms with E-state index in [4.69, 9.17) is 9.47 Å². The highest BCUT2D eigenvalue weighted by molar-refractivity contribution is 5.85. The first-order valence-corrected chi connectivity index (χ1v) is 6.94. The zero-order valence-electron chi connectivity index (χ0n) is 12.3.